The third-order valence-corrected chi connectivity index (χ3v) is 5.38. The minimum atomic E-state index is -0.998. The Bertz CT molecular complexity index is 1390. The Kier molecular flexibility index (Phi) is 3.99. The molecule has 1 atom stereocenters. The van der Waals surface area contributed by atoms with E-state index in [2.05, 4.69) is 26.1 Å². The van der Waals surface area contributed by atoms with Gasteiger partial charge in [0, 0.05) is 19.3 Å². The molecule has 4 aromatic rings. The quantitative estimate of drug-likeness (QED) is 0.516. The Labute approximate surface area is 168 Å². The van der Waals surface area contributed by atoms with Gasteiger partial charge in [-0.2, -0.15) is 10.4 Å². The van der Waals surface area contributed by atoms with Crippen molar-refractivity contribution in [2.24, 2.45) is 0 Å². The Hall–Kier alpha value is -4.20. The Morgan fingerprint density at radius 2 is 2.23 bits per heavy atom. The van der Waals surface area contributed by atoms with Crippen LogP contribution in [0.5, 0.6) is 0 Å². The fourth-order valence-corrected chi connectivity index (χ4v) is 3.95. The molecule has 1 unspecified atom stereocenters. The molecular weight excluding hydrogens is 388 g/mol. The molecule has 0 aromatic carbocycles. The van der Waals surface area contributed by atoms with E-state index in [1.165, 1.54) is 15.7 Å². The first-order valence-corrected chi connectivity index (χ1v) is 9.38. The third-order valence-electron chi connectivity index (χ3n) is 5.38. The topological polar surface area (TPSA) is 145 Å². The number of likely N-dealkylation sites (tertiary alicyclic amines) is 1. The molecule has 0 radical (unpaired) electrons. The van der Waals surface area contributed by atoms with Crippen molar-refractivity contribution in [2.75, 3.05) is 13.1 Å². The summed E-state index contributed by atoms with van der Waals surface area (Å²) in [6.45, 7) is 0.677. The number of pyridine rings is 1. The van der Waals surface area contributed by atoms with Gasteiger partial charge in [-0.15, -0.1) is 0 Å². The van der Waals surface area contributed by atoms with Crippen LogP contribution in [0.1, 0.15) is 24.4 Å². The lowest BCUT2D eigenvalue weighted by atomic mass is 10.1. The number of nitriles is 1. The van der Waals surface area contributed by atoms with E-state index >= 15 is 0 Å². The van der Waals surface area contributed by atoms with Gasteiger partial charge in [-0.1, -0.05) is 0 Å². The number of carboxylic acid groups (broad SMARTS) is 1. The van der Waals surface area contributed by atoms with Crippen molar-refractivity contribution in [3.05, 3.63) is 46.8 Å². The average Bonchev–Trinajstić information content (AvgIpc) is 3.32. The first-order chi connectivity index (χ1) is 14.5. The molecule has 11 heteroatoms. The SMILES string of the molecule is N#Cc1ccn2ncc(-c3ncc4[nH]c(=O)n(C5CCCN(C(=O)O)C5)c4n3)c2c1. The largest absolute Gasteiger partial charge is 0.465 e. The van der Waals surface area contributed by atoms with Crippen LogP contribution in [0.15, 0.2) is 35.5 Å². The summed E-state index contributed by atoms with van der Waals surface area (Å²) in [6.07, 6.45) is 5.18. The maximum Gasteiger partial charge on any atom is 0.407 e. The van der Waals surface area contributed by atoms with E-state index in [9.17, 15) is 20.0 Å². The number of nitrogens with one attached hydrogen (secondary N) is 1. The van der Waals surface area contributed by atoms with Crippen molar-refractivity contribution in [1.82, 2.24) is 34.0 Å². The predicted octanol–water partition coefficient (Wildman–Crippen LogP) is 1.62. The van der Waals surface area contributed by atoms with E-state index < -0.39 is 6.09 Å². The van der Waals surface area contributed by atoms with E-state index in [1.807, 2.05) is 0 Å². The molecule has 0 spiro atoms. The fourth-order valence-electron chi connectivity index (χ4n) is 3.95. The number of fused-ring (bicyclic) bond motifs is 2. The summed E-state index contributed by atoms with van der Waals surface area (Å²) < 4.78 is 3.14. The molecule has 1 aliphatic heterocycles. The molecule has 0 bridgehead atoms. The van der Waals surface area contributed by atoms with Gasteiger partial charge in [0.15, 0.2) is 11.5 Å². The van der Waals surface area contributed by atoms with Crippen molar-refractivity contribution in [3.63, 3.8) is 0 Å². The van der Waals surface area contributed by atoms with Gasteiger partial charge in [-0.05, 0) is 25.0 Å². The number of hydrogen-bond donors (Lipinski definition) is 2. The van der Waals surface area contributed by atoms with Gasteiger partial charge in [0.1, 0.15) is 5.52 Å². The molecule has 1 saturated heterocycles. The van der Waals surface area contributed by atoms with Gasteiger partial charge in [0.25, 0.3) is 0 Å². The summed E-state index contributed by atoms with van der Waals surface area (Å²) in [5, 5.41) is 22.8. The minimum absolute atomic E-state index is 0.226. The maximum absolute atomic E-state index is 12.6. The van der Waals surface area contributed by atoms with Gasteiger partial charge in [-0.3, -0.25) is 4.57 Å². The molecule has 150 valence electrons. The highest BCUT2D eigenvalue weighted by atomic mass is 16.4. The summed E-state index contributed by atoms with van der Waals surface area (Å²) >= 11 is 0. The van der Waals surface area contributed by atoms with Crippen molar-refractivity contribution < 1.29 is 9.90 Å². The van der Waals surface area contributed by atoms with Crippen LogP contribution in [0.3, 0.4) is 0 Å². The number of rotatable bonds is 2. The smallest absolute Gasteiger partial charge is 0.407 e. The molecule has 0 saturated carbocycles. The van der Waals surface area contributed by atoms with Crippen LogP contribution < -0.4 is 5.69 Å². The summed E-state index contributed by atoms with van der Waals surface area (Å²) in [4.78, 5) is 37.0. The number of H-pyrrole nitrogens is 1. The van der Waals surface area contributed by atoms with Crippen molar-refractivity contribution in [3.8, 4) is 17.5 Å². The van der Waals surface area contributed by atoms with Gasteiger partial charge >= 0.3 is 11.8 Å². The van der Waals surface area contributed by atoms with Crippen molar-refractivity contribution in [1.29, 1.82) is 5.26 Å². The molecular formula is C19H16N8O3. The van der Waals surface area contributed by atoms with Crippen molar-refractivity contribution >= 4 is 22.8 Å². The van der Waals surface area contributed by atoms with Crippen LogP contribution in [0.2, 0.25) is 0 Å². The number of nitrogens with zero attached hydrogens (tertiary/aromatic N) is 7. The van der Waals surface area contributed by atoms with Crippen molar-refractivity contribution in [2.45, 2.75) is 18.9 Å². The molecule has 1 fully saturated rings. The predicted molar refractivity (Wildman–Crippen MR) is 105 cm³/mol. The highest BCUT2D eigenvalue weighted by Gasteiger charge is 2.27. The number of aromatic amines is 1. The van der Waals surface area contributed by atoms with Crippen LogP contribution in [0, 0.1) is 11.3 Å². The lowest BCUT2D eigenvalue weighted by Crippen LogP contribution is -2.41. The fraction of sp³-hybridized carbons (Fsp3) is 0.263. The molecule has 4 aromatic heterocycles. The Morgan fingerprint density at radius 3 is 3.03 bits per heavy atom. The lowest BCUT2D eigenvalue weighted by Gasteiger charge is -2.31. The molecule has 2 N–H and O–H groups in total. The number of imidazole rings is 1. The van der Waals surface area contributed by atoms with Gasteiger partial charge in [-0.25, -0.2) is 24.1 Å². The second kappa shape index (κ2) is 6.70. The summed E-state index contributed by atoms with van der Waals surface area (Å²) in [5.74, 6) is 0.367. The lowest BCUT2D eigenvalue weighted by molar-refractivity contribution is 0.121. The monoisotopic (exact) mass is 404 g/mol. The number of carbonyl (C=O) groups is 1. The van der Waals surface area contributed by atoms with E-state index in [1.54, 1.807) is 29.0 Å². The van der Waals surface area contributed by atoms with Crippen LogP contribution in [-0.4, -0.2) is 58.3 Å². The number of aromatic nitrogens is 6. The van der Waals surface area contributed by atoms with Gasteiger partial charge < -0.3 is 15.0 Å². The third kappa shape index (κ3) is 2.77. The van der Waals surface area contributed by atoms with Crippen LogP contribution in [0.4, 0.5) is 4.79 Å². The number of hydrogen-bond acceptors (Lipinski definition) is 6. The zero-order chi connectivity index (χ0) is 20.8. The minimum Gasteiger partial charge on any atom is -0.465 e. The zero-order valence-electron chi connectivity index (χ0n) is 15.7. The van der Waals surface area contributed by atoms with Gasteiger partial charge in [0.2, 0.25) is 0 Å². The second-order valence-electron chi connectivity index (χ2n) is 7.17. The molecule has 0 aliphatic carbocycles. The van der Waals surface area contributed by atoms with Gasteiger partial charge in [0.05, 0.1) is 41.1 Å². The Morgan fingerprint density at radius 1 is 1.37 bits per heavy atom. The molecule has 5 rings (SSSR count). The van der Waals surface area contributed by atoms with Crippen LogP contribution >= 0.6 is 0 Å². The zero-order valence-corrected chi connectivity index (χ0v) is 15.7. The molecule has 1 aliphatic rings. The van der Waals surface area contributed by atoms with Crippen LogP contribution in [-0.2, 0) is 0 Å². The average molecular weight is 404 g/mol. The number of amides is 1. The summed E-state index contributed by atoms with van der Waals surface area (Å²) in [7, 11) is 0. The summed E-state index contributed by atoms with van der Waals surface area (Å²) in [6, 6.07) is 5.15. The second-order valence-corrected chi connectivity index (χ2v) is 7.17. The van der Waals surface area contributed by atoms with E-state index in [0.29, 0.717) is 53.0 Å². The normalized spacial score (nSPS) is 16.8. The molecule has 5 heterocycles. The Balaban J connectivity index is 1.63. The molecule has 1 amide bonds. The summed E-state index contributed by atoms with van der Waals surface area (Å²) in [5.41, 5.74) is 2.33. The number of piperidine rings is 1. The maximum atomic E-state index is 12.6. The first-order valence-electron chi connectivity index (χ1n) is 9.38. The van der Waals surface area contributed by atoms with E-state index in [-0.39, 0.29) is 18.3 Å². The molecule has 30 heavy (non-hydrogen) atoms. The standard InChI is InChI=1S/C19H16N8O3/c20-7-11-3-5-26-15(6-11)13(8-22-26)16-21-9-14-17(24-16)27(18(28)23-14)12-2-1-4-25(10-12)19(29)30/h3,5-6,8-9,12H,1-2,4,10H2,(H,23,28)(H,29,30). The highest BCUT2D eigenvalue weighted by Crippen LogP contribution is 2.26. The first kappa shape index (κ1) is 17.9. The van der Waals surface area contributed by atoms with E-state index in [4.69, 9.17) is 0 Å². The molecule has 11 nitrogen and oxygen atoms in total. The van der Waals surface area contributed by atoms with Crippen LogP contribution in [0.25, 0.3) is 28.1 Å². The van der Waals surface area contributed by atoms with E-state index in [0.717, 1.165) is 0 Å². The highest BCUT2D eigenvalue weighted by molar-refractivity contribution is 5.80.